The zero-order valence-electron chi connectivity index (χ0n) is 15.1. The zero-order valence-corrected chi connectivity index (χ0v) is 15.1. The fourth-order valence-corrected chi connectivity index (χ4v) is 2.73. The topological polar surface area (TPSA) is 284 Å². The van der Waals surface area contributed by atoms with E-state index in [9.17, 15) is 60.7 Å². The molecule has 2 aliphatic rings. The summed E-state index contributed by atoms with van der Waals surface area (Å²) < 4.78 is 0. The summed E-state index contributed by atoms with van der Waals surface area (Å²) in [6, 6.07) is -2.56. The molecule has 0 heterocycles. The molecule has 0 aromatic rings. The van der Waals surface area contributed by atoms with Gasteiger partial charge in [-0.05, 0) is 0 Å². The molecule has 0 aliphatic heterocycles. The number of hydrogen-bond acceptors (Lipinski definition) is 14. The van der Waals surface area contributed by atoms with Crippen molar-refractivity contribution in [3.8, 4) is 0 Å². The first kappa shape index (κ1) is 23.2. The third-order valence-electron chi connectivity index (χ3n) is 4.37. The van der Waals surface area contributed by atoms with E-state index in [-0.39, 0.29) is 12.2 Å². The molecule has 0 spiro atoms. The average molecular weight is 456 g/mol. The van der Waals surface area contributed by atoms with Gasteiger partial charge in [0, 0.05) is 23.2 Å². The van der Waals surface area contributed by atoms with E-state index in [1.807, 2.05) is 0 Å². The van der Waals surface area contributed by atoms with E-state index in [4.69, 9.17) is 0 Å². The lowest BCUT2D eigenvalue weighted by molar-refractivity contribution is -0.636. The van der Waals surface area contributed by atoms with Crippen LogP contribution in [0.3, 0.4) is 0 Å². The first-order chi connectivity index (χ1) is 14.8. The molecule has 2 aliphatic carbocycles. The van der Waals surface area contributed by atoms with Crippen LogP contribution in [-0.2, 0) is 0 Å². The summed E-state index contributed by atoms with van der Waals surface area (Å²) in [4.78, 5) is 60.0. The molecule has 0 saturated heterocycles. The minimum Gasteiger partial charge on any atom is -0.263 e. The molecule has 0 radical (unpaired) electrons. The van der Waals surface area contributed by atoms with Gasteiger partial charge in [-0.15, -0.1) is 0 Å². The summed E-state index contributed by atoms with van der Waals surface area (Å²) in [5.74, 6) is 0. The van der Waals surface area contributed by atoms with Gasteiger partial charge >= 0.3 is 23.1 Å². The number of allylic oxidation sites excluding steroid dienone is 2. The lowest BCUT2D eigenvalue weighted by Gasteiger charge is -2.22. The highest BCUT2D eigenvalue weighted by Crippen LogP contribution is 2.36. The Labute approximate surface area is 172 Å². The van der Waals surface area contributed by atoms with Gasteiger partial charge in [0.2, 0.25) is 0 Å². The summed E-state index contributed by atoms with van der Waals surface area (Å²) >= 11 is 0. The van der Waals surface area contributed by atoms with Gasteiger partial charge < -0.3 is 0 Å². The molecule has 20 nitrogen and oxygen atoms in total. The zero-order chi connectivity index (χ0) is 24.4. The van der Waals surface area contributed by atoms with Gasteiger partial charge in [0.05, 0.1) is 43.2 Å². The van der Waals surface area contributed by atoms with Crippen LogP contribution in [-0.4, -0.2) is 46.9 Å². The smallest absolute Gasteiger partial charge is 0.263 e. The first-order valence-corrected chi connectivity index (χ1v) is 7.91. The Bertz CT molecular complexity index is 1080. The van der Waals surface area contributed by atoms with Crippen molar-refractivity contribution in [2.75, 3.05) is 0 Å². The second kappa shape index (κ2) is 8.00. The van der Waals surface area contributed by atoms with Crippen molar-refractivity contribution in [3.63, 3.8) is 0 Å². The lowest BCUT2D eigenvalue weighted by atomic mass is 9.95. The van der Waals surface area contributed by atoms with Crippen molar-refractivity contribution in [2.45, 2.75) is 23.8 Å². The summed E-state index contributed by atoms with van der Waals surface area (Å²) in [5, 5.41) is 73.9. The van der Waals surface area contributed by atoms with Crippen LogP contribution in [0.25, 0.3) is 0 Å². The van der Waals surface area contributed by atoms with Gasteiger partial charge in [0.1, 0.15) is 0 Å². The molecule has 0 aromatic carbocycles. The third kappa shape index (κ3) is 3.73. The Morgan fingerprint density at radius 1 is 0.812 bits per heavy atom. The van der Waals surface area contributed by atoms with E-state index in [1.165, 1.54) is 0 Å². The van der Waals surface area contributed by atoms with Crippen LogP contribution in [0.15, 0.2) is 57.7 Å². The quantitative estimate of drug-likeness (QED) is 0.274. The SMILES string of the molecule is O=[N+]([O-])C1=CCC(N=NC2([N+](=O)[O-])C=CC([N+](=O)[O-])=CC2[N+](=O)[O-])([N+](=O)[O-])C([N+](=O)[O-])=C1. The largest absolute Gasteiger partial charge is 0.422 e. The molecule has 2 rings (SSSR count). The van der Waals surface area contributed by atoms with Crippen molar-refractivity contribution in [2.24, 2.45) is 10.2 Å². The van der Waals surface area contributed by atoms with Crippen molar-refractivity contribution in [1.82, 2.24) is 0 Å². The fourth-order valence-electron chi connectivity index (χ4n) is 2.73. The molecule has 0 saturated carbocycles. The third-order valence-corrected chi connectivity index (χ3v) is 4.37. The van der Waals surface area contributed by atoms with Crippen molar-refractivity contribution in [3.05, 3.63) is 108 Å². The Morgan fingerprint density at radius 2 is 1.41 bits per heavy atom. The van der Waals surface area contributed by atoms with Crippen LogP contribution in [0, 0.1) is 60.7 Å². The standard InChI is InChI=1S/C12H8N8O12/c21-15(22)7-1-3-11(19(29)30,9(5-7)17(25)26)13-14-12(20(31)32)4-2-8(16(23)24)6-10(12)18(27)28/h1-3,5-6,9H,4H2. The molecule has 168 valence electrons. The Hall–Kier alpha value is -5.04. The minimum atomic E-state index is -3.24. The molecule has 0 bridgehead atoms. The second-order valence-electron chi connectivity index (χ2n) is 6.10. The van der Waals surface area contributed by atoms with E-state index in [0.717, 1.165) is 0 Å². The molecular weight excluding hydrogens is 448 g/mol. The second-order valence-corrected chi connectivity index (χ2v) is 6.10. The monoisotopic (exact) mass is 456 g/mol. The highest BCUT2D eigenvalue weighted by atomic mass is 16.7. The molecule has 20 heteroatoms. The van der Waals surface area contributed by atoms with Crippen LogP contribution in [0.1, 0.15) is 6.42 Å². The van der Waals surface area contributed by atoms with Crippen LogP contribution in [0.5, 0.6) is 0 Å². The normalized spacial score (nSPS) is 27.1. The molecule has 0 aromatic heterocycles. The van der Waals surface area contributed by atoms with Crippen LogP contribution >= 0.6 is 0 Å². The lowest BCUT2D eigenvalue weighted by Crippen LogP contribution is -2.51. The number of rotatable bonds is 8. The molecule has 0 amide bonds. The highest BCUT2D eigenvalue weighted by molar-refractivity contribution is 5.28. The molecule has 32 heavy (non-hydrogen) atoms. The molecule has 3 atom stereocenters. The van der Waals surface area contributed by atoms with Crippen molar-refractivity contribution in [1.29, 1.82) is 0 Å². The van der Waals surface area contributed by atoms with E-state index in [1.54, 1.807) is 0 Å². The van der Waals surface area contributed by atoms with Gasteiger partial charge in [-0.25, -0.2) is 0 Å². The highest BCUT2D eigenvalue weighted by Gasteiger charge is 2.63. The Kier molecular flexibility index (Phi) is 5.81. The van der Waals surface area contributed by atoms with E-state index < -0.39 is 70.4 Å². The molecule has 3 unspecified atom stereocenters. The van der Waals surface area contributed by atoms with Gasteiger partial charge in [-0.1, -0.05) is 10.2 Å². The first-order valence-electron chi connectivity index (χ1n) is 7.91. The summed E-state index contributed by atoms with van der Waals surface area (Å²) in [6.07, 6.45) is 0.694. The van der Waals surface area contributed by atoms with Crippen LogP contribution in [0.2, 0.25) is 0 Å². The van der Waals surface area contributed by atoms with E-state index in [2.05, 4.69) is 10.2 Å². The maximum absolute atomic E-state index is 11.7. The fraction of sp³-hybridized carbons (Fsp3) is 0.333. The summed E-state index contributed by atoms with van der Waals surface area (Å²) in [5.41, 5.74) is -9.72. The van der Waals surface area contributed by atoms with Crippen LogP contribution < -0.4 is 0 Å². The average Bonchev–Trinajstić information content (AvgIpc) is 2.71. The predicted molar refractivity (Wildman–Crippen MR) is 94.1 cm³/mol. The summed E-state index contributed by atoms with van der Waals surface area (Å²) in [6.45, 7) is 0. The Balaban J connectivity index is 2.71. The van der Waals surface area contributed by atoms with Gasteiger partial charge in [-0.2, -0.15) is 0 Å². The predicted octanol–water partition coefficient (Wildman–Crippen LogP) is 0.485. The van der Waals surface area contributed by atoms with Gasteiger partial charge in [-0.3, -0.25) is 60.7 Å². The number of hydrogen-bond donors (Lipinski definition) is 0. The molecular formula is C12H8N8O12. The van der Waals surface area contributed by atoms with E-state index in [0.29, 0.717) is 18.2 Å². The van der Waals surface area contributed by atoms with E-state index >= 15 is 0 Å². The Morgan fingerprint density at radius 3 is 1.84 bits per heavy atom. The number of nitro groups is 6. The van der Waals surface area contributed by atoms with Gasteiger partial charge in [0.25, 0.3) is 11.4 Å². The van der Waals surface area contributed by atoms with Gasteiger partial charge in [0.15, 0.2) is 0 Å². The van der Waals surface area contributed by atoms with Crippen molar-refractivity contribution < 1.29 is 29.5 Å². The molecule has 0 N–H and O–H groups in total. The summed E-state index contributed by atoms with van der Waals surface area (Å²) in [7, 11) is 0. The maximum atomic E-state index is 11.7. The number of nitrogens with zero attached hydrogens (tertiary/aromatic N) is 8. The van der Waals surface area contributed by atoms with Crippen molar-refractivity contribution >= 4 is 0 Å². The van der Waals surface area contributed by atoms with Crippen LogP contribution in [0.4, 0.5) is 0 Å². The molecule has 0 fully saturated rings. The maximum Gasteiger partial charge on any atom is 0.422 e. The minimum absolute atomic E-state index is 0.205. The number of azo groups is 1.